The molecule has 0 aromatic carbocycles. The second-order valence-corrected chi connectivity index (χ2v) is 9.82. The van der Waals surface area contributed by atoms with Crippen LogP contribution in [0.25, 0.3) is 0 Å². The first-order valence-electron chi connectivity index (χ1n) is 12.1. The largest absolute Gasteiger partial charge is 0.396 e. The lowest BCUT2D eigenvalue weighted by Gasteiger charge is -2.40. The van der Waals surface area contributed by atoms with Crippen LogP contribution in [-0.2, 0) is 19.0 Å². The molecule has 1 saturated heterocycles. The maximum absolute atomic E-state index is 12.4. The smallest absolute Gasteiger partial charge is 0.163 e. The molecule has 1 heterocycles. The minimum Gasteiger partial charge on any atom is -0.396 e. The number of hydrogen-bond donors (Lipinski definition) is 4. The fourth-order valence-corrected chi connectivity index (χ4v) is 4.24. The average molecular weight is 479 g/mol. The van der Waals surface area contributed by atoms with Crippen LogP contribution in [0.2, 0.25) is 0 Å². The van der Waals surface area contributed by atoms with Crippen molar-refractivity contribution in [3.8, 4) is 0 Å². The van der Waals surface area contributed by atoms with E-state index in [0.717, 1.165) is 31.6 Å². The van der Waals surface area contributed by atoms with E-state index >= 15 is 0 Å². The number of carbonyl (C=O) groups is 1. The molecule has 0 amide bonds. The Kier molecular flexibility index (Phi) is 16.6. The number of aliphatic hydroxyl groups excluding tert-OH is 4. The summed E-state index contributed by atoms with van der Waals surface area (Å²) < 4.78 is 16.5. The molecule has 198 valence electrons. The fraction of sp³-hybridized carbons (Fsp3) is 0.960. The van der Waals surface area contributed by atoms with Crippen molar-refractivity contribution < 1.29 is 39.4 Å². The Morgan fingerprint density at radius 3 is 2.21 bits per heavy atom. The van der Waals surface area contributed by atoms with Gasteiger partial charge in [0, 0.05) is 38.6 Å². The summed E-state index contributed by atoms with van der Waals surface area (Å²) in [7, 11) is 1.64. The molecular formula is C25H50O8. The van der Waals surface area contributed by atoms with Crippen molar-refractivity contribution in [3.63, 3.8) is 0 Å². The minimum absolute atomic E-state index is 0. The Hall–Kier alpha value is -0.610. The van der Waals surface area contributed by atoms with Gasteiger partial charge in [-0.25, -0.2) is 0 Å². The van der Waals surface area contributed by atoms with Crippen LogP contribution >= 0.6 is 0 Å². The molecule has 2 fully saturated rings. The highest BCUT2D eigenvalue weighted by Crippen LogP contribution is 2.35. The normalized spacial score (nSPS) is 33.9. The van der Waals surface area contributed by atoms with Crippen molar-refractivity contribution in [1.29, 1.82) is 0 Å². The molecule has 1 aliphatic heterocycles. The molecule has 1 saturated carbocycles. The third-order valence-corrected chi connectivity index (χ3v) is 6.17. The number of unbranched alkanes of at least 4 members (excludes halogenated alkanes) is 2. The molecule has 2 aliphatic rings. The summed E-state index contributed by atoms with van der Waals surface area (Å²) >= 11 is 0. The van der Waals surface area contributed by atoms with E-state index in [1.807, 2.05) is 0 Å². The van der Waals surface area contributed by atoms with Crippen LogP contribution in [0.5, 0.6) is 0 Å². The maximum atomic E-state index is 12.4. The molecule has 33 heavy (non-hydrogen) atoms. The number of carbonyl (C=O) groups excluding carboxylic acids is 1. The number of aliphatic hydroxyl groups is 4. The van der Waals surface area contributed by atoms with Crippen LogP contribution in [0.4, 0.5) is 0 Å². The summed E-state index contributed by atoms with van der Waals surface area (Å²) in [6, 6.07) is 0. The highest BCUT2D eigenvalue weighted by atomic mass is 16.7. The molecule has 4 N–H and O–H groups in total. The average Bonchev–Trinajstić information content (AvgIpc) is 3.19. The Balaban J connectivity index is 0.00000189. The van der Waals surface area contributed by atoms with Gasteiger partial charge in [0.15, 0.2) is 6.29 Å². The number of hydrogen-bond acceptors (Lipinski definition) is 8. The van der Waals surface area contributed by atoms with E-state index in [0.29, 0.717) is 19.4 Å². The molecule has 0 aromatic heterocycles. The first-order chi connectivity index (χ1) is 15.2. The summed E-state index contributed by atoms with van der Waals surface area (Å²) in [5.41, 5.74) is 0. The van der Waals surface area contributed by atoms with E-state index < -0.39 is 30.5 Å². The Morgan fingerprint density at radius 2 is 1.67 bits per heavy atom. The monoisotopic (exact) mass is 478 g/mol. The lowest BCUT2D eigenvalue weighted by atomic mass is 9.90. The van der Waals surface area contributed by atoms with Gasteiger partial charge in [-0.15, -0.1) is 0 Å². The minimum atomic E-state index is -1.12. The fourth-order valence-electron chi connectivity index (χ4n) is 4.24. The summed E-state index contributed by atoms with van der Waals surface area (Å²) in [6.07, 6.45) is 0.672. The topological polar surface area (TPSA) is 126 Å². The van der Waals surface area contributed by atoms with E-state index in [-0.39, 0.29) is 44.4 Å². The predicted molar refractivity (Wildman–Crippen MR) is 128 cm³/mol. The third-order valence-electron chi connectivity index (χ3n) is 6.17. The van der Waals surface area contributed by atoms with Crippen molar-refractivity contribution in [2.75, 3.05) is 26.9 Å². The van der Waals surface area contributed by atoms with Gasteiger partial charge in [-0.2, -0.15) is 0 Å². The lowest BCUT2D eigenvalue weighted by Crippen LogP contribution is -2.55. The van der Waals surface area contributed by atoms with Crippen molar-refractivity contribution >= 4 is 5.78 Å². The van der Waals surface area contributed by atoms with Crippen molar-refractivity contribution in [2.24, 2.45) is 23.7 Å². The van der Waals surface area contributed by atoms with Crippen LogP contribution < -0.4 is 0 Å². The second kappa shape index (κ2) is 16.9. The zero-order valence-electron chi connectivity index (χ0n) is 20.5. The van der Waals surface area contributed by atoms with Gasteiger partial charge in [0.2, 0.25) is 0 Å². The zero-order chi connectivity index (χ0) is 24.3. The summed E-state index contributed by atoms with van der Waals surface area (Å²) in [6.45, 7) is 8.29. The van der Waals surface area contributed by atoms with E-state index in [9.17, 15) is 25.2 Å². The predicted octanol–water partition coefficient (Wildman–Crippen LogP) is 2.54. The summed E-state index contributed by atoms with van der Waals surface area (Å²) in [5, 5.41) is 38.5. The highest BCUT2D eigenvalue weighted by molar-refractivity contribution is 5.81. The number of ketones is 1. The molecule has 8 nitrogen and oxygen atoms in total. The van der Waals surface area contributed by atoms with E-state index in [1.165, 1.54) is 0 Å². The van der Waals surface area contributed by atoms with Crippen LogP contribution in [0.3, 0.4) is 0 Å². The van der Waals surface area contributed by atoms with Crippen molar-refractivity contribution in [1.82, 2.24) is 0 Å². The van der Waals surface area contributed by atoms with Gasteiger partial charge in [0.25, 0.3) is 0 Å². The van der Waals surface area contributed by atoms with E-state index in [1.54, 1.807) is 14.0 Å². The van der Waals surface area contributed by atoms with Crippen LogP contribution in [0.15, 0.2) is 0 Å². The molecule has 8 heteroatoms. The molecule has 0 spiro atoms. The zero-order valence-corrected chi connectivity index (χ0v) is 20.5. The number of methoxy groups -OCH3 is 1. The van der Waals surface area contributed by atoms with E-state index in [4.69, 9.17) is 14.2 Å². The molecule has 0 aromatic rings. The number of rotatable bonds is 11. The highest BCUT2D eigenvalue weighted by Gasteiger charge is 2.42. The van der Waals surface area contributed by atoms with Gasteiger partial charge in [0.05, 0.1) is 18.8 Å². The van der Waals surface area contributed by atoms with Crippen LogP contribution in [0, 0.1) is 23.7 Å². The van der Waals surface area contributed by atoms with Crippen LogP contribution in [-0.4, -0.2) is 83.8 Å². The maximum Gasteiger partial charge on any atom is 0.163 e. The van der Waals surface area contributed by atoms with Crippen molar-refractivity contribution in [3.05, 3.63) is 0 Å². The molecule has 0 bridgehead atoms. The van der Waals surface area contributed by atoms with Crippen molar-refractivity contribution in [2.45, 2.75) is 104 Å². The second-order valence-electron chi connectivity index (χ2n) is 9.82. The lowest BCUT2D eigenvalue weighted by molar-refractivity contribution is -0.282. The van der Waals surface area contributed by atoms with Gasteiger partial charge in [-0.1, -0.05) is 41.5 Å². The van der Waals surface area contributed by atoms with Gasteiger partial charge in [-0.3, -0.25) is 4.79 Å². The quantitative estimate of drug-likeness (QED) is 0.334. The molecular weight excluding hydrogens is 428 g/mol. The summed E-state index contributed by atoms with van der Waals surface area (Å²) in [4.78, 5) is 12.4. The Morgan fingerprint density at radius 1 is 1.03 bits per heavy atom. The first kappa shape index (κ1) is 32.4. The standard InChI is InChI=1S/C20H36O8.C4H10.CH4/c1-12-18(24)19(25)17(11-22)28-20(12)27-7-5-3-4-6-16(23)15-9-14(26-2)8-13(15)10-21;1-4(2)3;/h12-15,17-22,24-25H,3-11H2,1-2H3;4H,1-3H3;1H4/t12?,13-,14+,15?,17?,18+,19-,20+;;/m0../s1. The molecule has 8 atom stereocenters. The van der Waals surface area contributed by atoms with Gasteiger partial charge in [0.1, 0.15) is 18.0 Å². The van der Waals surface area contributed by atoms with Gasteiger partial charge < -0.3 is 34.6 Å². The van der Waals surface area contributed by atoms with Gasteiger partial charge in [-0.05, 0) is 37.5 Å². The summed E-state index contributed by atoms with van der Waals surface area (Å²) in [5.74, 6) is 0.538. The number of Topliss-reactive ketones (excluding diaryl/α,β-unsaturated/α-hetero) is 1. The SMILES string of the molecule is C.CC(C)C.CO[C@H]1CC(C(=O)CCCCCO[C@@H]2OC(CO)[C@H](O)[C@H](O)C2C)[C@H](CO)C1. The molecule has 2 rings (SSSR count). The molecule has 3 unspecified atom stereocenters. The van der Waals surface area contributed by atoms with Gasteiger partial charge >= 0.3 is 0 Å². The Labute approximate surface area is 200 Å². The third kappa shape index (κ3) is 10.7. The molecule has 0 radical (unpaired) electrons. The van der Waals surface area contributed by atoms with Crippen LogP contribution in [0.1, 0.15) is 73.6 Å². The molecule has 1 aliphatic carbocycles. The number of ether oxygens (including phenoxy) is 3. The van der Waals surface area contributed by atoms with E-state index in [2.05, 4.69) is 20.8 Å². The first-order valence-corrected chi connectivity index (χ1v) is 12.1. The Bertz CT molecular complexity index is 510.